The van der Waals surface area contributed by atoms with Crippen LogP contribution in [0.1, 0.15) is 18.2 Å². The number of anilines is 2. The lowest BCUT2D eigenvalue weighted by Crippen LogP contribution is -2.32. The molecule has 6 nitrogen and oxygen atoms in total. The van der Waals surface area contributed by atoms with Gasteiger partial charge in [-0.05, 0) is 42.0 Å². The molecule has 9 heteroatoms. The zero-order valence-electron chi connectivity index (χ0n) is 16.7. The molecule has 0 aliphatic carbocycles. The van der Waals surface area contributed by atoms with Gasteiger partial charge < -0.3 is 9.73 Å². The Morgan fingerprint density at radius 3 is 2.47 bits per heavy atom. The number of carbonyl (C=O) groups excluding carboxylic acids is 3. The van der Waals surface area contributed by atoms with E-state index in [1.165, 1.54) is 13.2 Å². The van der Waals surface area contributed by atoms with E-state index in [0.717, 1.165) is 30.0 Å². The van der Waals surface area contributed by atoms with Crippen LogP contribution in [0.4, 0.5) is 20.2 Å². The standard InChI is InChI=1S/C23H16F2N2O4S/c1-13(28)26-16-7-4-14(5-8-16)20-21(32-12-17-3-2-10-31-17)23(30)27(22(20)29)19-11-15(24)6-9-18(19)25/h2-11H,12H2,1H3,(H,26,28). The lowest BCUT2D eigenvalue weighted by atomic mass is 10.1. The average Bonchev–Trinajstić information content (AvgIpc) is 3.35. The van der Waals surface area contributed by atoms with E-state index < -0.39 is 29.1 Å². The van der Waals surface area contributed by atoms with Gasteiger partial charge in [0.15, 0.2) is 0 Å². The van der Waals surface area contributed by atoms with E-state index in [1.54, 1.807) is 36.4 Å². The van der Waals surface area contributed by atoms with Gasteiger partial charge in [-0.1, -0.05) is 12.1 Å². The molecule has 0 unspecified atom stereocenters. The number of amides is 3. The Morgan fingerprint density at radius 2 is 1.81 bits per heavy atom. The van der Waals surface area contributed by atoms with Crippen molar-refractivity contribution in [2.75, 3.05) is 10.2 Å². The zero-order valence-corrected chi connectivity index (χ0v) is 17.5. The summed E-state index contributed by atoms with van der Waals surface area (Å²) in [4.78, 5) is 38.4. The molecule has 0 atom stereocenters. The highest BCUT2D eigenvalue weighted by Crippen LogP contribution is 2.40. The molecule has 0 saturated heterocycles. The van der Waals surface area contributed by atoms with Crippen LogP contribution in [0.3, 0.4) is 0 Å². The third-order valence-corrected chi connectivity index (χ3v) is 5.72. The number of benzene rings is 2. The first kappa shape index (κ1) is 21.5. The monoisotopic (exact) mass is 454 g/mol. The van der Waals surface area contributed by atoms with Gasteiger partial charge in [0, 0.05) is 18.7 Å². The van der Waals surface area contributed by atoms with Crippen LogP contribution < -0.4 is 10.2 Å². The molecular weight excluding hydrogens is 438 g/mol. The summed E-state index contributed by atoms with van der Waals surface area (Å²) in [6, 6.07) is 12.3. The predicted octanol–water partition coefficient (Wildman–Crippen LogP) is 4.73. The molecule has 162 valence electrons. The summed E-state index contributed by atoms with van der Waals surface area (Å²) < 4.78 is 33.5. The minimum absolute atomic E-state index is 0.0598. The van der Waals surface area contributed by atoms with Crippen LogP contribution in [0.25, 0.3) is 5.57 Å². The lowest BCUT2D eigenvalue weighted by molar-refractivity contribution is -0.120. The normalized spacial score (nSPS) is 13.8. The highest BCUT2D eigenvalue weighted by molar-refractivity contribution is 8.03. The van der Waals surface area contributed by atoms with Crippen LogP contribution in [0.2, 0.25) is 0 Å². The molecule has 0 fully saturated rings. The maximum Gasteiger partial charge on any atom is 0.272 e. The SMILES string of the molecule is CC(=O)Nc1ccc(C2=C(SCc3ccco3)C(=O)N(c3cc(F)ccc3F)C2=O)cc1. The summed E-state index contributed by atoms with van der Waals surface area (Å²) in [7, 11) is 0. The topological polar surface area (TPSA) is 79.6 Å². The molecule has 2 heterocycles. The van der Waals surface area contributed by atoms with Crippen LogP contribution in [0.15, 0.2) is 70.2 Å². The molecule has 0 radical (unpaired) electrons. The number of nitrogens with zero attached hydrogens (tertiary/aromatic N) is 1. The van der Waals surface area contributed by atoms with Crippen molar-refractivity contribution < 1.29 is 27.6 Å². The minimum Gasteiger partial charge on any atom is -0.468 e. The summed E-state index contributed by atoms with van der Waals surface area (Å²) in [5.74, 6) is -2.62. The van der Waals surface area contributed by atoms with Gasteiger partial charge in [-0.3, -0.25) is 14.4 Å². The van der Waals surface area contributed by atoms with Crippen molar-refractivity contribution in [3.05, 3.63) is 88.7 Å². The van der Waals surface area contributed by atoms with Crippen molar-refractivity contribution in [3.8, 4) is 0 Å². The fourth-order valence-corrected chi connectivity index (χ4v) is 4.25. The molecule has 1 aliphatic heterocycles. The quantitative estimate of drug-likeness (QED) is 0.545. The number of hydrogen-bond acceptors (Lipinski definition) is 5. The Labute approximate surface area is 185 Å². The summed E-state index contributed by atoms with van der Waals surface area (Å²) in [5, 5.41) is 2.62. The van der Waals surface area contributed by atoms with E-state index in [1.807, 2.05) is 0 Å². The van der Waals surface area contributed by atoms with Crippen LogP contribution in [0.5, 0.6) is 0 Å². The lowest BCUT2D eigenvalue weighted by Gasteiger charge is -2.16. The first-order valence-electron chi connectivity index (χ1n) is 9.46. The Morgan fingerprint density at radius 1 is 1.06 bits per heavy atom. The van der Waals surface area contributed by atoms with Crippen LogP contribution in [-0.2, 0) is 20.1 Å². The minimum atomic E-state index is -0.897. The van der Waals surface area contributed by atoms with Gasteiger partial charge in [-0.25, -0.2) is 13.7 Å². The molecule has 1 aliphatic rings. The Hall–Kier alpha value is -3.72. The summed E-state index contributed by atoms with van der Waals surface area (Å²) in [6.45, 7) is 1.37. The smallest absolute Gasteiger partial charge is 0.272 e. The summed E-state index contributed by atoms with van der Waals surface area (Å²) in [6.07, 6.45) is 1.49. The number of thioether (sulfide) groups is 1. The van der Waals surface area contributed by atoms with Gasteiger partial charge >= 0.3 is 0 Å². The van der Waals surface area contributed by atoms with E-state index in [2.05, 4.69) is 5.32 Å². The Bertz CT molecular complexity index is 1240. The van der Waals surface area contributed by atoms with E-state index >= 15 is 0 Å². The number of hydrogen-bond donors (Lipinski definition) is 1. The third-order valence-electron chi connectivity index (χ3n) is 4.62. The van der Waals surface area contributed by atoms with Crippen LogP contribution >= 0.6 is 11.8 Å². The highest BCUT2D eigenvalue weighted by atomic mass is 32.2. The number of halogens is 2. The fourth-order valence-electron chi connectivity index (χ4n) is 3.24. The third kappa shape index (κ3) is 4.19. The molecule has 3 amide bonds. The maximum atomic E-state index is 14.4. The number of carbonyl (C=O) groups is 3. The van der Waals surface area contributed by atoms with Crippen LogP contribution in [-0.4, -0.2) is 17.7 Å². The van der Waals surface area contributed by atoms with Crippen molar-refractivity contribution in [1.82, 2.24) is 0 Å². The number of furan rings is 1. The first-order chi connectivity index (χ1) is 15.3. The van der Waals surface area contributed by atoms with E-state index in [9.17, 15) is 23.2 Å². The average molecular weight is 454 g/mol. The van der Waals surface area contributed by atoms with Crippen molar-refractivity contribution in [2.24, 2.45) is 0 Å². The maximum absolute atomic E-state index is 14.4. The van der Waals surface area contributed by atoms with Gasteiger partial charge in [-0.15, -0.1) is 11.8 Å². The number of rotatable bonds is 6. The molecule has 0 bridgehead atoms. The van der Waals surface area contributed by atoms with E-state index in [4.69, 9.17) is 4.42 Å². The molecule has 1 aromatic heterocycles. The number of imide groups is 1. The highest BCUT2D eigenvalue weighted by Gasteiger charge is 2.41. The fraction of sp³-hybridized carbons (Fsp3) is 0.0870. The van der Waals surface area contributed by atoms with Crippen molar-refractivity contribution in [1.29, 1.82) is 0 Å². The Balaban J connectivity index is 1.75. The molecule has 4 rings (SSSR count). The molecule has 0 saturated carbocycles. The first-order valence-corrected chi connectivity index (χ1v) is 10.4. The van der Waals surface area contributed by atoms with E-state index in [0.29, 0.717) is 21.9 Å². The molecule has 2 aromatic carbocycles. The summed E-state index contributed by atoms with van der Waals surface area (Å²) in [5.41, 5.74) is 0.515. The predicted molar refractivity (Wildman–Crippen MR) is 117 cm³/mol. The van der Waals surface area contributed by atoms with Gasteiger partial charge in [-0.2, -0.15) is 0 Å². The van der Waals surface area contributed by atoms with Gasteiger partial charge in [0.05, 0.1) is 28.2 Å². The molecule has 0 spiro atoms. The Kier molecular flexibility index (Phi) is 5.91. The van der Waals surface area contributed by atoms with E-state index in [-0.39, 0.29) is 22.1 Å². The van der Waals surface area contributed by atoms with Crippen molar-refractivity contribution in [3.63, 3.8) is 0 Å². The van der Waals surface area contributed by atoms with Gasteiger partial charge in [0.2, 0.25) is 5.91 Å². The van der Waals surface area contributed by atoms with Crippen molar-refractivity contribution >= 4 is 46.4 Å². The van der Waals surface area contributed by atoms with Crippen LogP contribution in [0, 0.1) is 11.6 Å². The summed E-state index contributed by atoms with van der Waals surface area (Å²) >= 11 is 1.07. The van der Waals surface area contributed by atoms with Gasteiger partial charge in [0.25, 0.3) is 11.8 Å². The zero-order chi connectivity index (χ0) is 22.8. The largest absolute Gasteiger partial charge is 0.468 e. The molecule has 1 N–H and O–H groups in total. The molecular formula is C23H16F2N2O4S. The van der Waals surface area contributed by atoms with Gasteiger partial charge in [0.1, 0.15) is 17.4 Å². The van der Waals surface area contributed by atoms with Crippen molar-refractivity contribution in [2.45, 2.75) is 12.7 Å². The second-order valence-corrected chi connectivity index (χ2v) is 7.86. The second kappa shape index (κ2) is 8.80. The second-order valence-electron chi connectivity index (χ2n) is 6.87. The molecule has 3 aromatic rings. The number of nitrogens with one attached hydrogen (secondary N) is 1. The molecule has 32 heavy (non-hydrogen) atoms.